The number of nitrogens with zero attached hydrogens (tertiary/aromatic N) is 2. The highest BCUT2D eigenvalue weighted by atomic mass is 32.2. The third kappa shape index (κ3) is 6.02. The van der Waals surface area contributed by atoms with Gasteiger partial charge in [-0.1, -0.05) is 19.1 Å². The van der Waals surface area contributed by atoms with Crippen LogP contribution in [0.1, 0.15) is 35.4 Å². The normalized spacial score (nSPS) is 12.5. The molecule has 1 aromatic heterocycles. The minimum Gasteiger partial charge on any atom is -0.348 e. The van der Waals surface area contributed by atoms with Gasteiger partial charge in [-0.15, -0.1) is 0 Å². The SMILES string of the molecule is CC[C@@H](NC(=O)c1cc(=O)[nH]c(N(C)C)n1)c1ccc(SC(F)(F)F)cc1. The third-order valence-electron chi connectivity index (χ3n) is 3.62. The Kier molecular flexibility index (Phi) is 6.53. The molecule has 0 saturated heterocycles. The van der Waals surface area contributed by atoms with E-state index in [1.165, 1.54) is 12.1 Å². The molecule has 0 radical (unpaired) electrons. The van der Waals surface area contributed by atoms with Crippen molar-refractivity contribution in [3.8, 4) is 0 Å². The first-order valence-electron chi connectivity index (χ1n) is 8.04. The van der Waals surface area contributed by atoms with E-state index >= 15 is 0 Å². The van der Waals surface area contributed by atoms with E-state index in [4.69, 9.17) is 0 Å². The number of hydrogen-bond acceptors (Lipinski definition) is 5. The van der Waals surface area contributed by atoms with Crippen LogP contribution >= 0.6 is 11.8 Å². The summed E-state index contributed by atoms with van der Waals surface area (Å²) in [4.78, 5) is 32.4. The number of rotatable bonds is 6. The molecule has 2 N–H and O–H groups in total. The number of nitrogens with one attached hydrogen (secondary N) is 2. The number of carbonyl (C=O) groups is 1. The van der Waals surface area contributed by atoms with Gasteiger partial charge in [0, 0.05) is 25.1 Å². The number of H-pyrrole nitrogens is 1. The predicted molar refractivity (Wildman–Crippen MR) is 98.0 cm³/mol. The molecule has 0 aliphatic heterocycles. The lowest BCUT2D eigenvalue weighted by atomic mass is 10.0. The number of carbonyl (C=O) groups excluding carboxylic acids is 1. The van der Waals surface area contributed by atoms with Crippen molar-refractivity contribution in [1.29, 1.82) is 0 Å². The molecule has 146 valence electrons. The number of aromatic amines is 1. The number of benzene rings is 1. The Balaban J connectivity index is 2.17. The Morgan fingerprint density at radius 1 is 1.30 bits per heavy atom. The molecular formula is C17H19F3N4O2S. The molecule has 0 aliphatic rings. The van der Waals surface area contributed by atoms with Gasteiger partial charge in [0.25, 0.3) is 11.5 Å². The molecule has 2 rings (SSSR count). The molecule has 1 amide bonds. The van der Waals surface area contributed by atoms with E-state index in [0.29, 0.717) is 12.0 Å². The van der Waals surface area contributed by atoms with Gasteiger partial charge in [-0.25, -0.2) is 4.98 Å². The summed E-state index contributed by atoms with van der Waals surface area (Å²) >= 11 is -0.195. The topological polar surface area (TPSA) is 78.1 Å². The molecule has 0 fully saturated rings. The molecule has 1 atom stereocenters. The van der Waals surface area contributed by atoms with Gasteiger partial charge >= 0.3 is 5.51 Å². The van der Waals surface area contributed by atoms with Crippen molar-refractivity contribution in [2.45, 2.75) is 29.8 Å². The first kappa shape index (κ1) is 20.8. The Hall–Kier alpha value is -2.49. The fraction of sp³-hybridized carbons (Fsp3) is 0.353. The molecule has 1 heterocycles. The van der Waals surface area contributed by atoms with Crippen LogP contribution in [0.3, 0.4) is 0 Å². The molecular weight excluding hydrogens is 381 g/mol. The maximum Gasteiger partial charge on any atom is 0.446 e. The number of aromatic nitrogens is 2. The zero-order valence-electron chi connectivity index (χ0n) is 14.9. The second kappa shape index (κ2) is 8.47. The first-order valence-corrected chi connectivity index (χ1v) is 8.86. The average Bonchev–Trinajstić information content (AvgIpc) is 2.58. The lowest BCUT2D eigenvalue weighted by Crippen LogP contribution is -2.31. The summed E-state index contributed by atoms with van der Waals surface area (Å²) in [6, 6.07) is 6.47. The van der Waals surface area contributed by atoms with E-state index in [1.54, 1.807) is 31.1 Å². The summed E-state index contributed by atoms with van der Waals surface area (Å²) in [5, 5.41) is 2.76. The van der Waals surface area contributed by atoms with Gasteiger partial charge in [-0.3, -0.25) is 14.6 Å². The highest BCUT2D eigenvalue weighted by Crippen LogP contribution is 2.37. The van der Waals surface area contributed by atoms with Crippen LogP contribution in [0.25, 0.3) is 0 Å². The van der Waals surface area contributed by atoms with E-state index < -0.39 is 23.0 Å². The summed E-state index contributed by atoms with van der Waals surface area (Å²) in [5.74, 6) is -0.293. The summed E-state index contributed by atoms with van der Waals surface area (Å²) in [6.07, 6.45) is 0.515. The van der Waals surface area contributed by atoms with Crippen LogP contribution in [-0.2, 0) is 0 Å². The lowest BCUT2D eigenvalue weighted by Gasteiger charge is -2.18. The molecule has 10 heteroatoms. The Morgan fingerprint density at radius 3 is 2.44 bits per heavy atom. The van der Waals surface area contributed by atoms with Crippen molar-refractivity contribution in [3.05, 3.63) is 51.9 Å². The van der Waals surface area contributed by atoms with Crippen LogP contribution in [0.4, 0.5) is 19.1 Å². The average molecular weight is 400 g/mol. The molecule has 1 aromatic carbocycles. The number of alkyl halides is 3. The van der Waals surface area contributed by atoms with Crippen LogP contribution in [-0.4, -0.2) is 35.5 Å². The van der Waals surface area contributed by atoms with Crippen molar-refractivity contribution in [1.82, 2.24) is 15.3 Å². The van der Waals surface area contributed by atoms with Gasteiger partial charge in [-0.2, -0.15) is 13.2 Å². The second-order valence-electron chi connectivity index (χ2n) is 5.90. The Morgan fingerprint density at radius 2 is 1.93 bits per heavy atom. The highest BCUT2D eigenvalue weighted by Gasteiger charge is 2.29. The van der Waals surface area contributed by atoms with E-state index in [9.17, 15) is 22.8 Å². The second-order valence-corrected chi connectivity index (χ2v) is 7.04. The molecule has 27 heavy (non-hydrogen) atoms. The van der Waals surface area contributed by atoms with Gasteiger partial charge in [0.1, 0.15) is 5.69 Å². The van der Waals surface area contributed by atoms with Crippen LogP contribution < -0.4 is 15.8 Å². The molecule has 0 bridgehead atoms. The zero-order chi connectivity index (χ0) is 20.2. The monoisotopic (exact) mass is 400 g/mol. The van der Waals surface area contributed by atoms with Crippen molar-refractivity contribution in [2.75, 3.05) is 19.0 Å². The minimum atomic E-state index is -4.35. The first-order chi connectivity index (χ1) is 12.6. The fourth-order valence-electron chi connectivity index (χ4n) is 2.33. The third-order valence-corrected chi connectivity index (χ3v) is 4.35. The molecule has 2 aromatic rings. The standard InChI is InChI=1S/C17H19F3N4O2S/c1-4-12(10-5-7-11(8-6-10)27-17(18,19)20)21-15(26)13-9-14(25)23-16(22-13)24(2)3/h5-9,12H,4H2,1-3H3,(H,21,26)(H,22,23,25)/t12-/m1/s1. The predicted octanol–water partition coefficient (Wildman–Crippen LogP) is 3.33. The lowest BCUT2D eigenvalue weighted by molar-refractivity contribution is -0.0328. The van der Waals surface area contributed by atoms with Gasteiger partial charge in [-0.05, 0) is 35.9 Å². The van der Waals surface area contributed by atoms with E-state index in [-0.39, 0.29) is 28.3 Å². The maximum atomic E-state index is 12.5. The van der Waals surface area contributed by atoms with Crippen LogP contribution in [0.15, 0.2) is 40.0 Å². The van der Waals surface area contributed by atoms with Crippen molar-refractivity contribution >= 4 is 23.6 Å². The maximum absolute atomic E-state index is 12.5. The van der Waals surface area contributed by atoms with Crippen LogP contribution in [0, 0.1) is 0 Å². The number of thioether (sulfide) groups is 1. The van der Waals surface area contributed by atoms with Gasteiger partial charge in [0.2, 0.25) is 5.95 Å². The Labute approximate surface area is 158 Å². The van der Waals surface area contributed by atoms with E-state index in [0.717, 1.165) is 6.07 Å². The number of hydrogen-bond donors (Lipinski definition) is 2. The molecule has 0 aliphatic carbocycles. The largest absolute Gasteiger partial charge is 0.446 e. The van der Waals surface area contributed by atoms with Gasteiger partial charge in [0.15, 0.2) is 0 Å². The van der Waals surface area contributed by atoms with Crippen LogP contribution in [0.2, 0.25) is 0 Å². The quantitative estimate of drug-likeness (QED) is 0.728. The summed E-state index contributed by atoms with van der Waals surface area (Å²) in [5.41, 5.74) is -4.18. The van der Waals surface area contributed by atoms with Gasteiger partial charge in [0.05, 0.1) is 6.04 Å². The Bertz CT molecular complexity index is 850. The van der Waals surface area contributed by atoms with Crippen molar-refractivity contribution in [3.63, 3.8) is 0 Å². The number of anilines is 1. The summed E-state index contributed by atoms with van der Waals surface area (Å²) in [6.45, 7) is 1.83. The highest BCUT2D eigenvalue weighted by molar-refractivity contribution is 8.00. The van der Waals surface area contributed by atoms with Crippen LogP contribution in [0.5, 0.6) is 0 Å². The van der Waals surface area contributed by atoms with Gasteiger partial charge < -0.3 is 10.2 Å². The van der Waals surface area contributed by atoms with E-state index in [2.05, 4.69) is 15.3 Å². The summed E-state index contributed by atoms with van der Waals surface area (Å²) in [7, 11) is 3.35. The minimum absolute atomic E-state index is 0.0369. The van der Waals surface area contributed by atoms with Crippen molar-refractivity contribution in [2.24, 2.45) is 0 Å². The smallest absolute Gasteiger partial charge is 0.348 e. The molecule has 0 unspecified atom stereocenters. The molecule has 6 nitrogen and oxygen atoms in total. The van der Waals surface area contributed by atoms with E-state index in [1.807, 2.05) is 6.92 Å². The zero-order valence-corrected chi connectivity index (χ0v) is 15.7. The molecule has 0 saturated carbocycles. The van der Waals surface area contributed by atoms with Crippen molar-refractivity contribution < 1.29 is 18.0 Å². The number of amides is 1. The summed E-state index contributed by atoms with van der Waals surface area (Å²) < 4.78 is 37.2. The fourth-order valence-corrected chi connectivity index (χ4v) is 2.87. The molecule has 0 spiro atoms. The number of halogens is 3.